The highest BCUT2D eigenvalue weighted by atomic mass is 79.9. The van der Waals surface area contributed by atoms with Crippen LogP contribution in [0, 0.1) is 11.3 Å². The number of nitrogens with zero attached hydrogens (tertiary/aromatic N) is 2. The van der Waals surface area contributed by atoms with Crippen molar-refractivity contribution < 1.29 is 4.79 Å². The molecule has 1 N–H and O–H groups in total. The second kappa shape index (κ2) is 5.94. The number of anilines is 1. The van der Waals surface area contributed by atoms with Crippen LogP contribution in [0.2, 0.25) is 0 Å². The molecule has 1 aromatic rings. The standard InChI is InChI=1S/C15H18BrN3O/c1-15(2)8-10-18-13(7-9-17)14(20)19(15)12-5-3-11(16)4-6-12/h3-6,13,18H,7-8,10H2,1-2H3. The molecule has 1 heterocycles. The van der Waals surface area contributed by atoms with Crippen LogP contribution in [0.5, 0.6) is 0 Å². The van der Waals surface area contributed by atoms with Gasteiger partial charge in [0.25, 0.3) is 0 Å². The van der Waals surface area contributed by atoms with Gasteiger partial charge < -0.3 is 10.2 Å². The lowest BCUT2D eigenvalue weighted by atomic mass is 9.97. The number of carbonyl (C=O) groups excluding carboxylic acids is 1. The Hall–Kier alpha value is -1.38. The molecule has 1 unspecified atom stereocenters. The Balaban J connectivity index is 2.40. The van der Waals surface area contributed by atoms with Crippen LogP contribution in [0.3, 0.4) is 0 Å². The van der Waals surface area contributed by atoms with Crippen molar-refractivity contribution >= 4 is 27.5 Å². The molecule has 1 fully saturated rings. The Bertz CT molecular complexity index is 533. The summed E-state index contributed by atoms with van der Waals surface area (Å²) in [4.78, 5) is 14.6. The van der Waals surface area contributed by atoms with E-state index in [0.717, 1.165) is 23.1 Å². The molecule has 0 saturated carbocycles. The van der Waals surface area contributed by atoms with E-state index in [1.165, 1.54) is 0 Å². The third-order valence-corrected chi connectivity index (χ3v) is 4.16. The molecule has 1 saturated heterocycles. The average Bonchev–Trinajstić information content (AvgIpc) is 2.49. The lowest BCUT2D eigenvalue weighted by Gasteiger charge is -2.37. The van der Waals surface area contributed by atoms with E-state index in [0.29, 0.717) is 0 Å². The zero-order valence-electron chi connectivity index (χ0n) is 11.7. The Morgan fingerprint density at radius 3 is 2.70 bits per heavy atom. The molecule has 106 valence electrons. The van der Waals surface area contributed by atoms with Crippen LogP contribution in [0.4, 0.5) is 5.69 Å². The predicted molar refractivity (Wildman–Crippen MR) is 82.3 cm³/mol. The normalized spacial score (nSPS) is 22.2. The molecule has 20 heavy (non-hydrogen) atoms. The van der Waals surface area contributed by atoms with E-state index in [2.05, 4.69) is 41.2 Å². The number of hydrogen-bond donors (Lipinski definition) is 1. The highest BCUT2D eigenvalue weighted by Crippen LogP contribution is 2.30. The zero-order valence-corrected chi connectivity index (χ0v) is 13.3. The van der Waals surface area contributed by atoms with Crippen LogP contribution in [-0.4, -0.2) is 24.0 Å². The number of halogens is 1. The number of nitrogens with one attached hydrogen (secondary N) is 1. The van der Waals surface area contributed by atoms with Crippen LogP contribution in [0.25, 0.3) is 0 Å². The quantitative estimate of drug-likeness (QED) is 0.904. The monoisotopic (exact) mass is 335 g/mol. The summed E-state index contributed by atoms with van der Waals surface area (Å²) in [6, 6.07) is 9.37. The molecular weight excluding hydrogens is 318 g/mol. The van der Waals surface area contributed by atoms with E-state index >= 15 is 0 Å². The second-order valence-electron chi connectivity index (χ2n) is 5.58. The number of nitriles is 1. The number of benzene rings is 1. The highest BCUT2D eigenvalue weighted by molar-refractivity contribution is 9.10. The minimum absolute atomic E-state index is 0.0311. The van der Waals surface area contributed by atoms with Crippen LogP contribution < -0.4 is 10.2 Å². The van der Waals surface area contributed by atoms with E-state index in [-0.39, 0.29) is 17.9 Å². The molecule has 1 atom stereocenters. The summed E-state index contributed by atoms with van der Waals surface area (Å²) in [6.45, 7) is 4.85. The molecule has 1 amide bonds. The fourth-order valence-corrected chi connectivity index (χ4v) is 2.79. The van der Waals surface area contributed by atoms with Gasteiger partial charge in [0, 0.05) is 15.7 Å². The lowest BCUT2D eigenvalue weighted by Crippen LogP contribution is -2.51. The maximum atomic E-state index is 12.7. The van der Waals surface area contributed by atoms with Gasteiger partial charge in [-0.15, -0.1) is 0 Å². The highest BCUT2D eigenvalue weighted by Gasteiger charge is 2.38. The smallest absolute Gasteiger partial charge is 0.245 e. The molecule has 0 aromatic heterocycles. The van der Waals surface area contributed by atoms with Gasteiger partial charge in [-0.2, -0.15) is 5.26 Å². The fraction of sp³-hybridized carbons (Fsp3) is 0.467. The third-order valence-electron chi connectivity index (χ3n) is 3.63. The molecule has 2 rings (SSSR count). The summed E-state index contributed by atoms with van der Waals surface area (Å²) >= 11 is 3.41. The zero-order chi connectivity index (χ0) is 14.8. The Morgan fingerprint density at radius 2 is 2.10 bits per heavy atom. The van der Waals surface area contributed by atoms with Gasteiger partial charge in [0.15, 0.2) is 0 Å². The van der Waals surface area contributed by atoms with Crippen molar-refractivity contribution in [2.75, 3.05) is 11.4 Å². The van der Waals surface area contributed by atoms with Gasteiger partial charge in [0.2, 0.25) is 5.91 Å². The Kier molecular flexibility index (Phi) is 4.46. The molecule has 1 aliphatic heterocycles. The Morgan fingerprint density at radius 1 is 1.45 bits per heavy atom. The van der Waals surface area contributed by atoms with Crippen molar-refractivity contribution in [1.29, 1.82) is 5.26 Å². The van der Waals surface area contributed by atoms with Crippen molar-refractivity contribution in [2.45, 2.75) is 38.3 Å². The number of amides is 1. The van der Waals surface area contributed by atoms with Crippen molar-refractivity contribution in [3.63, 3.8) is 0 Å². The minimum Gasteiger partial charge on any atom is -0.305 e. The molecule has 0 aliphatic carbocycles. The average molecular weight is 336 g/mol. The molecule has 1 aromatic carbocycles. The van der Waals surface area contributed by atoms with E-state index in [1.807, 2.05) is 29.2 Å². The first kappa shape index (κ1) is 15.0. The van der Waals surface area contributed by atoms with Crippen molar-refractivity contribution in [3.8, 4) is 6.07 Å². The molecular formula is C15H18BrN3O. The first-order valence-corrected chi connectivity index (χ1v) is 7.45. The molecule has 4 nitrogen and oxygen atoms in total. The van der Waals surface area contributed by atoms with E-state index in [9.17, 15) is 4.79 Å². The molecule has 0 bridgehead atoms. The van der Waals surface area contributed by atoms with Gasteiger partial charge in [-0.25, -0.2) is 0 Å². The second-order valence-corrected chi connectivity index (χ2v) is 6.50. The number of carbonyl (C=O) groups is 1. The van der Waals surface area contributed by atoms with Gasteiger partial charge in [-0.05, 0) is 51.1 Å². The molecule has 1 aliphatic rings. The lowest BCUT2D eigenvalue weighted by molar-refractivity contribution is -0.121. The van der Waals surface area contributed by atoms with Gasteiger partial charge in [0.1, 0.15) is 6.04 Å². The summed E-state index contributed by atoms with van der Waals surface area (Å²) in [5.74, 6) is -0.0311. The number of rotatable bonds is 2. The predicted octanol–water partition coefficient (Wildman–Crippen LogP) is 2.84. The first-order valence-electron chi connectivity index (χ1n) is 6.66. The Labute approximate surface area is 127 Å². The van der Waals surface area contributed by atoms with Crippen LogP contribution in [0.1, 0.15) is 26.7 Å². The van der Waals surface area contributed by atoms with Crippen molar-refractivity contribution in [1.82, 2.24) is 5.32 Å². The maximum Gasteiger partial charge on any atom is 0.245 e. The summed E-state index contributed by atoms with van der Waals surface area (Å²) in [6.07, 6.45) is 1.04. The van der Waals surface area contributed by atoms with Crippen LogP contribution in [-0.2, 0) is 4.79 Å². The van der Waals surface area contributed by atoms with E-state index in [4.69, 9.17) is 5.26 Å². The first-order chi connectivity index (χ1) is 9.45. The van der Waals surface area contributed by atoms with Crippen LogP contribution >= 0.6 is 15.9 Å². The largest absolute Gasteiger partial charge is 0.305 e. The molecule has 5 heteroatoms. The molecule has 0 radical (unpaired) electrons. The maximum absolute atomic E-state index is 12.7. The van der Waals surface area contributed by atoms with Crippen molar-refractivity contribution in [2.24, 2.45) is 0 Å². The van der Waals surface area contributed by atoms with Gasteiger partial charge in [-0.3, -0.25) is 4.79 Å². The van der Waals surface area contributed by atoms with E-state index in [1.54, 1.807) is 0 Å². The summed E-state index contributed by atoms with van der Waals surface area (Å²) in [7, 11) is 0. The minimum atomic E-state index is -0.426. The number of hydrogen-bond acceptors (Lipinski definition) is 3. The van der Waals surface area contributed by atoms with Gasteiger partial charge >= 0.3 is 0 Å². The third kappa shape index (κ3) is 3.02. The van der Waals surface area contributed by atoms with E-state index < -0.39 is 6.04 Å². The van der Waals surface area contributed by atoms with Gasteiger partial charge in [0.05, 0.1) is 12.5 Å². The van der Waals surface area contributed by atoms with Crippen molar-refractivity contribution in [3.05, 3.63) is 28.7 Å². The van der Waals surface area contributed by atoms with Gasteiger partial charge in [-0.1, -0.05) is 15.9 Å². The summed E-state index contributed by atoms with van der Waals surface area (Å²) in [5, 5.41) is 12.1. The van der Waals surface area contributed by atoms with Crippen LogP contribution in [0.15, 0.2) is 28.7 Å². The SMILES string of the molecule is CC1(C)CCNC(CC#N)C(=O)N1c1ccc(Br)cc1. The topological polar surface area (TPSA) is 56.1 Å². The molecule has 0 spiro atoms. The fourth-order valence-electron chi connectivity index (χ4n) is 2.52. The summed E-state index contributed by atoms with van der Waals surface area (Å²) in [5.41, 5.74) is 0.595. The summed E-state index contributed by atoms with van der Waals surface area (Å²) < 4.78 is 0.980.